The summed E-state index contributed by atoms with van der Waals surface area (Å²) in [5, 5.41) is 9.62. The molecule has 2 aromatic heterocycles. The summed E-state index contributed by atoms with van der Waals surface area (Å²) in [4.78, 5) is 38.4. The first-order chi connectivity index (χ1) is 15.0. The predicted molar refractivity (Wildman–Crippen MR) is 104 cm³/mol. The molecule has 32 heavy (non-hydrogen) atoms. The maximum absolute atomic E-state index is 14.2. The summed E-state index contributed by atoms with van der Waals surface area (Å²) in [5.41, 5.74) is 5.42. The van der Waals surface area contributed by atoms with E-state index < -0.39 is 29.4 Å². The fraction of sp³-hybridized carbons (Fsp3) is 0.0526. The number of rotatable bonds is 4. The Balaban J connectivity index is 0.000000451. The third-order valence-electron chi connectivity index (χ3n) is 3.43. The van der Waals surface area contributed by atoms with Crippen LogP contribution < -0.4 is 21.3 Å². The Bertz CT molecular complexity index is 1180. The quantitative estimate of drug-likeness (QED) is 0.443. The number of benzene rings is 1. The van der Waals surface area contributed by atoms with E-state index in [4.69, 9.17) is 20.4 Å². The monoisotopic (exact) mass is 454 g/mol. The molecule has 0 radical (unpaired) electrons. The first kappa shape index (κ1) is 23.9. The Labute approximate surface area is 176 Å². The minimum Gasteiger partial charge on any atom is -0.475 e. The van der Waals surface area contributed by atoms with Crippen molar-refractivity contribution in [2.45, 2.75) is 6.18 Å². The summed E-state index contributed by atoms with van der Waals surface area (Å²) in [5.74, 6) is -3.43. The lowest BCUT2D eigenvalue weighted by atomic mass is 10.2. The zero-order valence-corrected chi connectivity index (χ0v) is 15.8. The van der Waals surface area contributed by atoms with E-state index in [0.29, 0.717) is 5.75 Å². The number of carbonyl (C=O) groups is 2. The zero-order chi connectivity index (χ0) is 23.9. The van der Waals surface area contributed by atoms with Crippen LogP contribution in [0.15, 0.2) is 59.5 Å². The van der Waals surface area contributed by atoms with Crippen LogP contribution in [0.25, 0.3) is 0 Å². The highest BCUT2D eigenvalue weighted by Gasteiger charge is 2.38. The van der Waals surface area contributed by atoms with Crippen molar-refractivity contribution in [1.82, 2.24) is 9.97 Å². The molecule has 0 bridgehead atoms. The lowest BCUT2D eigenvalue weighted by Gasteiger charge is -2.09. The third-order valence-corrected chi connectivity index (χ3v) is 3.43. The largest absolute Gasteiger partial charge is 0.490 e. The van der Waals surface area contributed by atoms with E-state index in [0.717, 1.165) is 6.07 Å². The van der Waals surface area contributed by atoms with E-state index in [1.807, 2.05) is 0 Å². The molecule has 1 aromatic carbocycles. The molecule has 3 aromatic rings. The number of nitrogen functional groups attached to an aromatic ring is 1. The van der Waals surface area contributed by atoms with Crippen LogP contribution in [0.3, 0.4) is 0 Å². The van der Waals surface area contributed by atoms with Gasteiger partial charge in [-0.25, -0.2) is 14.2 Å². The van der Waals surface area contributed by atoms with Gasteiger partial charge in [-0.05, 0) is 24.3 Å². The van der Waals surface area contributed by atoms with Gasteiger partial charge in [-0.1, -0.05) is 6.07 Å². The van der Waals surface area contributed by atoms with E-state index >= 15 is 0 Å². The number of H-pyrrole nitrogens is 1. The average Bonchev–Trinajstić information content (AvgIpc) is 2.70. The number of aliphatic carboxylic acids is 1. The second kappa shape index (κ2) is 10.1. The number of anilines is 2. The number of carbonyl (C=O) groups excluding carboxylic acids is 1. The van der Waals surface area contributed by atoms with Gasteiger partial charge in [0.05, 0.1) is 0 Å². The standard InChI is InChI=1S/C17H13FN4O3.C2HF3O2/c18-12-8-10(21-17(24)13-2-1-3-16(23)22-13)4-5-14(12)25-11-6-7-20-15(19)9-11;3-2(4,5)1(6)7/h1-9H,(H2,19,20)(H,21,24)(H,22,23);(H,6,7). The maximum atomic E-state index is 14.2. The molecule has 3 rings (SSSR count). The molecule has 9 nitrogen and oxygen atoms in total. The van der Waals surface area contributed by atoms with E-state index in [2.05, 4.69) is 15.3 Å². The van der Waals surface area contributed by atoms with Crippen molar-refractivity contribution < 1.29 is 37.0 Å². The second-order valence-corrected chi connectivity index (χ2v) is 5.85. The molecule has 1 amide bonds. The molecule has 2 heterocycles. The van der Waals surface area contributed by atoms with Crippen molar-refractivity contribution in [3.05, 3.63) is 76.6 Å². The predicted octanol–water partition coefficient (Wildman–Crippen LogP) is 3.17. The van der Waals surface area contributed by atoms with Crippen LogP contribution in [0.1, 0.15) is 10.5 Å². The van der Waals surface area contributed by atoms with E-state index in [-0.39, 0.29) is 22.9 Å². The zero-order valence-electron chi connectivity index (χ0n) is 15.8. The van der Waals surface area contributed by atoms with Crippen LogP contribution >= 0.6 is 0 Å². The lowest BCUT2D eigenvalue weighted by molar-refractivity contribution is -0.192. The van der Waals surface area contributed by atoms with Crippen LogP contribution in [-0.2, 0) is 4.79 Å². The van der Waals surface area contributed by atoms with Crippen molar-refractivity contribution in [2.24, 2.45) is 0 Å². The topological polar surface area (TPSA) is 147 Å². The number of aromatic amines is 1. The van der Waals surface area contributed by atoms with Crippen LogP contribution in [0.5, 0.6) is 11.5 Å². The van der Waals surface area contributed by atoms with Gasteiger partial charge in [0.1, 0.15) is 17.3 Å². The van der Waals surface area contributed by atoms with Crippen LogP contribution in [0.4, 0.5) is 29.1 Å². The minimum absolute atomic E-state index is 0.0308. The number of ether oxygens (including phenoxy) is 1. The molecule has 168 valence electrons. The van der Waals surface area contributed by atoms with Crippen molar-refractivity contribution in [2.75, 3.05) is 11.1 Å². The number of hydrogen-bond donors (Lipinski definition) is 4. The smallest absolute Gasteiger partial charge is 0.475 e. The number of alkyl halides is 3. The van der Waals surface area contributed by atoms with Gasteiger partial charge in [-0.3, -0.25) is 9.59 Å². The van der Waals surface area contributed by atoms with Crippen molar-refractivity contribution in [3.63, 3.8) is 0 Å². The van der Waals surface area contributed by atoms with Gasteiger partial charge < -0.3 is 25.9 Å². The van der Waals surface area contributed by atoms with E-state index in [9.17, 15) is 27.2 Å². The summed E-state index contributed by atoms with van der Waals surface area (Å²) in [6.45, 7) is 0. The number of carboxylic acid groups (broad SMARTS) is 1. The van der Waals surface area contributed by atoms with Gasteiger partial charge in [-0.2, -0.15) is 13.2 Å². The number of pyridine rings is 2. The summed E-state index contributed by atoms with van der Waals surface area (Å²) < 4.78 is 51.3. The minimum atomic E-state index is -5.08. The molecule has 0 fully saturated rings. The summed E-state index contributed by atoms with van der Waals surface area (Å²) >= 11 is 0. The Morgan fingerprint density at radius 1 is 1.12 bits per heavy atom. The van der Waals surface area contributed by atoms with Crippen LogP contribution in [0, 0.1) is 5.82 Å². The van der Waals surface area contributed by atoms with Crippen LogP contribution in [0.2, 0.25) is 0 Å². The molecular formula is C19H14F4N4O5. The van der Waals surface area contributed by atoms with Gasteiger partial charge in [0.15, 0.2) is 11.6 Å². The number of carboxylic acids is 1. The molecule has 5 N–H and O–H groups in total. The van der Waals surface area contributed by atoms with Gasteiger partial charge in [0.25, 0.3) is 5.91 Å². The van der Waals surface area contributed by atoms with E-state index in [1.165, 1.54) is 48.7 Å². The number of nitrogens with two attached hydrogens (primary N) is 1. The molecule has 0 aliphatic heterocycles. The number of nitrogens with one attached hydrogen (secondary N) is 2. The molecule has 0 unspecified atom stereocenters. The normalized spacial score (nSPS) is 10.5. The number of nitrogens with zero attached hydrogens (tertiary/aromatic N) is 1. The van der Waals surface area contributed by atoms with Crippen LogP contribution in [-0.4, -0.2) is 33.1 Å². The highest BCUT2D eigenvalue weighted by atomic mass is 19.4. The Kier molecular flexibility index (Phi) is 7.50. The fourth-order valence-electron chi connectivity index (χ4n) is 2.06. The molecule has 0 aliphatic rings. The highest BCUT2D eigenvalue weighted by Crippen LogP contribution is 2.27. The number of hydrogen-bond acceptors (Lipinski definition) is 6. The summed E-state index contributed by atoms with van der Waals surface area (Å²) in [7, 11) is 0. The molecule has 0 spiro atoms. The lowest BCUT2D eigenvalue weighted by Crippen LogP contribution is -2.21. The third kappa shape index (κ3) is 7.12. The van der Waals surface area contributed by atoms with Crippen molar-refractivity contribution in [1.29, 1.82) is 0 Å². The second-order valence-electron chi connectivity index (χ2n) is 5.85. The summed E-state index contributed by atoms with van der Waals surface area (Å²) in [6.07, 6.45) is -3.64. The number of amides is 1. The molecule has 0 saturated heterocycles. The van der Waals surface area contributed by atoms with Gasteiger partial charge in [0, 0.05) is 30.1 Å². The molecule has 0 aliphatic carbocycles. The molecular weight excluding hydrogens is 440 g/mol. The van der Waals surface area contributed by atoms with Gasteiger partial charge >= 0.3 is 12.1 Å². The Morgan fingerprint density at radius 3 is 2.38 bits per heavy atom. The van der Waals surface area contributed by atoms with Gasteiger partial charge in [0.2, 0.25) is 5.56 Å². The Hall–Kier alpha value is -4.42. The number of aromatic nitrogens is 2. The van der Waals surface area contributed by atoms with E-state index in [1.54, 1.807) is 0 Å². The highest BCUT2D eigenvalue weighted by molar-refractivity contribution is 6.02. The fourth-order valence-corrected chi connectivity index (χ4v) is 2.06. The molecule has 0 saturated carbocycles. The van der Waals surface area contributed by atoms with Gasteiger partial charge in [-0.15, -0.1) is 0 Å². The first-order valence-corrected chi connectivity index (χ1v) is 8.45. The molecule has 13 heteroatoms. The first-order valence-electron chi connectivity index (χ1n) is 8.45. The Morgan fingerprint density at radius 2 is 1.81 bits per heavy atom. The van der Waals surface area contributed by atoms with Crippen molar-refractivity contribution in [3.8, 4) is 11.5 Å². The average molecular weight is 454 g/mol. The number of halogens is 4. The van der Waals surface area contributed by atoms with Crippen molar-refractivity contribution >= 4 is 23.4 Å². The maximum Gasteiger partial charge on any atom is 0.490 e. The molecule has 0 atom stereocenters. The summed E-state index contributed by atoms with van der Waals surface area (Å²) in [6, 6.07) is 11.1. The SMILES string of the molecule is Nc1cc(Oc2ccc(NC(=O)c3cccc(=O)[nH]3)cc2F)ccn1.O=C(O)C(F)(F)F.